The zero-order valence-electron chi connectivity index (χ0n) is 14.6. The molecule has 4 rings (SSSR count). The molecule has 1 saturated heterocycles. The average molecular weight is 348 g/mol. The minimum Gasteiger partial charge on any atom is -0.495 e. The van der Waals surface area contributed by atoms with Gasteiger partial charge in [-0.05, 0) is 30.3 Å². The van der Waals surface area contributed by atoms with E-state index in [2.05, 4.69) is 20.9 Å². The van der Waals surface area contributed by atoms with Crippen molar-refractivity contribution in [2.24, 2.45) is 0 Å². The molecule has 26 heavy (non-hydrogen) atoms. The molecule has 0 aliphatic carbocycles. The van der Waals surface area contributed by atoms with E-state index in [0.29, 0.717) is 18.7 Å². The Morgan fingerprint density at radius 2 is 1.69 bits per heavy atom. The van der Waals surface area contributed by atoms with Gasteiger partial charge in [0.2, 0.25) is 0 Å². The number of methoxy groups -OCH3 is 1. The summed E-state index contributed by atoms with van der Waals surface area (Å²) in [6.45, 7) is 2.91. The summed E-state index contributed by atoms with van der Waals surface area (Å²) in [6, 6.07) is 13.5. The monoisotopic (exact) mass is 348 g/mol. The van der Waals surface area contributed by atoms with E-state index in [1.807, 2.05) is 41.3 Å². The number of carbonyl (C=O) groups excluding carboxylic acids is 1. The fraction of sp³-hybridized carbons (Fsp3) is 0.250. The van der Waals surface area contributed by atoms with Crippen LogP contribution >= 0.6 is 0 Å². The normalized spacial score (nSPS) is 14.5. The number of aromatic nitrogens is 2. The van der Waals surface area contributed by atoms with Crippen LogP contribution in [0.15, 0.2) is 54.9 Å². The van der Waals surface area contributed by atoms with E-state index in [0.717, 1.165) is 35.6 Å². The highest BCUT2D eigenvalue weighted by atomic mass is 16.5. The number of para-hydroxylation sites is 2. The third kappa shape index (κ3) is 3.06. The molecule has 6 nitrogen and oxygen atoms in total. The van der Waals surface area contributed by atoms with E-state index in [4.69, 9.17) is 4.74 Å². The highest BCUT2D eigenvalue weighted by Crippen LogP contribution is 2.28. The second-order valence-electron chi connectivity index (χ2n) is 6.21. The smallest absolute Gasteiger partial charge is 0.254 e. The molecule has 3 aromatic rings. The van der Waals surface area contributed by atoms with Gasteiger partial charge in [-0.15, -0.1) is 0 Å². The van der Waals surface area contributed by atoms with Crippen LogP contribution in [0.3, 0.4) is 0 Å². The molecular formula is C20H20N4O2. The number of ether oxygens (including phenoxy) is 1. The summed E-state index contributed by atoms with van der Waals surface area (Å²) in [5.74, 6) is 0.901. The molecule has 1 aromatic heterocycles. The van der Waals surface area contributed by atoms with Crippen molar-refractivity contribution < 1.29 is 9.53 Å². The van der Waals surface area contributed by atoms with E-state index in [1.165, 1.54) is 0 Å². The van der Waals surface area contributed by atoms with Gasteiger partial charge in [0.1, 0.15) is 5.75 Å². The van der Waals surface area contributed by atoms with E-state index in [-0.39, 0.29) is 5.91 Å². The Hall–Kier alpha value is -3.15. The van der Waals surface area contributed by atoms with Crippen LogP contribution in [0.5, 0.6) is 5.75 Å². The number of rotatable bonds is 3. The van der Waals surface area contributed by atoms with Gasteiger partial charge in [-0.3, -0.25) is 14.8 Å². The molecule has 6 heteroatoms. The van der Waals surface area contributed by atoms with Crippen molar-refractivity contribution >= 4 is 22.6 Å². The molecule has 1 aliphatic rings. The SMILES string of the molecule is COc1ccccc1N1CCN(C(=O)c2ccc3nccnc3c2)CC1. The van der Waals surface area contributed by atoms with Gasteiger partial charge in [0, 0.05) is 44.1 Å². The molecule has 0 spiro atoms. The summed E-state index contributed by atoms with van der Waals surface area (Å²) in [4.78, 5) is 25.5. The summed E-state index contributed by atoms with van der Waals surface area (Å²) in [7, 11) is 1.68. The Kier molecular flexibility index (Phi) is 4.39. The number of benzene rings is 2. The van der Waals surface area contributed by atoms with Gasteiger partial charge in [0.25, 0.3) is 5.91 Å². The standard InChI is InChI=1S/C20H20N4O2/c1-26-19-5-3-2-4-18(19)23-10-12-24(13-11-23)20(25)15-6-7-16-17(14-15)22-9-8-21-16/h2-9,14H,10-13H2,1H3. The van der Waals surface area contributed by atoms with Gasteiger partial charge < -0.3 is 14.5 Å². The predicted molar refractivity (Wildman–Crippen MR) is 101 cm³/mol. The summed E-state index contributed by atoms with van der Waals surface area (Å²) >= 11 is 0. The van der Waals surface area contributed by atoms with Crippen LogP contribution in [0.25, 0.3) is 11.0 Å². The Bertz CT molecular complexity index is 936. The first-order valence-corrected chi connectivity index (χ1v) is 8.64. The fourth-order valence-corrected chi connectivity index (χ4v) is 3.32. The van der Waals surface area contributed by atoms with Gasteiger partial charge in [0.05, 0.1) is 23.8 Å². The quantitative estimate of drug-likeness (QED) is 0.728. The van der Waals surface area contributed by atoms with Crippen LogP contribution < -0.4 is 9.64 Å². The van der Waals surface area contributed by atoms with Gasteiger partial charge in [-0.25, -0.2) is 0 Å². The summed E-state index contributed by atoms with van der Waals surface area (Å²) < 4.78 is 5.45. The summed E-state index contributed by atoms with van der Waals surface area (Å²) in [6.07, 6.45) is 3.30. The number of nitrogens with zero attached hydrogens (tertiary/aromatic N) is 4. The highest BCUT2D eigenvalue weighted by Gasteiger charge is 2.23. The fourth-order valence-electron chi connectivity index (χ4n) is 3.32. The Morgan fingerprint density at radius 1 is 0.962 bits per heavy atom. The number of anilines is 1. The van der Waals surface area contributed by atoms with Gasteiger partial charge in [-0.1, -0.05) is 12.1 Å². The Morgan fingerprint density at radius 3 is 2.46 bits per heavy atom. The van der Waals surface area contributed by atoms with Gasteiger partial charge in [-0.2, -0.15) is 0 Å². The first kappa shape index (κ1) is 16.3. The van der Waals surface area contributed by atoms with E-state index in [1.54, 1.807) is 19.5 Å². The summed E-state index contributed by atoms with van der Waals surface area (Å²) in [5.41, 5.74) is 3.27. The first-order chi connectivity index (χ1) is 12.8. The van der Waals surface area contributed by atoms with Crippen molar-refractivity contribution in [2.45, 2.75) is 0 Å². The van der Waals surface area contributed by atoms with Crippen LogP contribution in [0.1, 0.15) is 10.4 Å². The average Bonchev–Trinajstić information content (AvgIpc) is 2.73. The number of hydrogen-bond acceptors (Lipinski definition) is 5. The molecule has 1 amide bonds. The molecule has 0 unspecified atom stereocenters. The lowest BCUT2D eigenvalue weighted by Crippen LogP contribution is -2.48. The van der Waals surface area contributed by atoms with Gasteiger partial charge in [0.15, 0.2) is 0 Å². The third-order valence-corrected chi connectivity index (χ3v) is 4.71. The van der Waals surface area contributed by atoms with Crippen molar-refractivity contribution in [1.82, 2.24) is 14.9 Å². The van der Waals surface area contributed by atoms with E-state index >= 15 is 0 Å². The summed E-state index contributed by atoms with van der Waals surface area (Å²) in [5, 5.41) is 0. The highest BCUT2D eigenvalue weighted by molar-refractivity contribution is 5.97. The molecule has 2 aromatic carbocycles. The number of carbonyl (C=O) groups is 1. The molecule has 0 bridgehead atoms. The topological polar surface area (TPSA) is 58.6 Å². The number of hydrogen-bond donors (Lipinski definition) is 0. The zero-order chi connectivity index (χ0) is 17.9. The van der Waals surface area contributed by atoms with E-state index in [9.17, 15) is 4.79 Å². The molecule has 2 heterocycles. The second-order valence-corrected chi connectivity index (χ2v) is 6.21. The molecule has 1 aliphatic heterocycles. The maximum absolute atomic E-state index is 12.8. The van der Waals surface area contributed by atoms with Crippen LogP contribution in [0, 0.1) is 0 Å². The molecule has 132 valence electrons. The minimum absolute atomic E-state index is 0.0391. The third-order valence-electron chi connectivity index (χ3n) is 4.71. The lowest BCUT2D eigenvalue weighted by Gasteiger charge is -2.36. The van der Waals surface area contributed by atoms with Crippen molar-refractivity contribution in [3.63, 3.8) is 0 Å². The Balaban J connectivity index is 1.47. The molecule has 0 atom stereocenters. The van der Waals surface area contributed by atoms with E-state index < -0.39 is 0 Å². The molecule has 1 fully saturated rings. The second kappa shape index (κ2) is 7.00. The van der Waals surface area contributed by atoms with Crippen molar-refractivity contribution in [3.8, 4) is 5.75 Å². The lowest BCUT2D eigenvalue weighted by atomic mass is 10.1. The van der Waals surface area contributed by atoms with Crippen LogP contribution in [0.4, 0.5) is 5.69 Å². The van der Waals surface area contributed by atoms with Crippen molar-refractivity contribution in [1.29, 1.82) is 0 Å². The maximum Gasteiger partial charge on any atom is 0.254 e. The molecule has 0 radical (unpaired) electrons. The lowest BCUT2D eigenvalue weighted by molar-refractivity contribution is 0.0747. The minimum atomic E-state index is 0.0391. The largest absolute Gasteiger partial charge is 0.495 e. The number of fused-ring (bicyclic) bond motifs is 1. The Labute approximate surface area is 152 Å². The van der Waals surface area contributed by atoms with Crippen LogP contribution in [-0.2, 0) is 0 Å². The zero-order valence-corrected chi connectivity index (χ0v) is 14.6. The predicted octanol–water partition coefficient (Wildman–Crippen LogP) is 2.60. The maximum atomic E-state index is 12.8. The van der Waals surface area contributed by atoms with Crippen LogP contribution in [-0.4, -0.2) is 54.1 Å². The first-order valence-electron chi connectivity index (χ1n) is 8.64. The molecular weight excluding hydrogens is 328 g/mol. The van der Waals surface area contributed by atoms with Crippen molar-refractivity contribution in [3.05, 3.63) is 60.4 Å². The van der Waals surface area contributed by atoms with Crippen molar-refractivity contribution in [2.75, 3.05) is 38.2 Å². The van der Waals surface area contributed by atoms with Crippen LogP contribution in [0.2, 0.25) is 0 Å². The molecule has 0 N–H and O–H groups in total. The number of piperazine rings is 1. The van der Waals surface area contributed by atoms with Gasteiger partial charge >= 0.3 is 0 Å². The number of amides is 1. The molecule has 0 saturated carbocycles.